The molecule has 1 unspecified atom stereocenters. The van der Waals surface area contributed by atoms with Gasteiger partial charge in [-0.2, -0.15) is 0 Å². The molecular formula is C21H25F5N4O3S. The first-order valence-corrected chi connectivity index (χ1v) is 10.7. The summed E-state index contributed by atoms with van der Waals surface area (Å²) < 4.78 is 62.4. The number of primary amides is 1. The highest BCUT2D eigenvalue weighted by atomic mass is 32.1. The third-order valence-electron chi connectivity index (χ3n) is 5.77. The number of piperidine rings is 1. The molecule has 7 nitrogen and oxygen atoms in total. The first-order valence-electron chi connectivity index (χ1n) is 10.3. The van der Waals surface area contributed by atoms with Gasteiger partial charge in [-0.25, -0.2) is 22.0 Å². The highest BCUT2D eigenvalue weighted by molar-refractivity contribution is 7.96. The molecule has 0 aliphatic carbocycles. The summed E-state index contributed by atoms with van der Waals surface area (Å²) in [5.74, 6) is -12.5. The summed E-state index contributed by atoms with van der Waals surface area (Å²) in [5, 5.41) is 3.32. The van der Waals surface area contributed by atoms with Crippen molar-refractivity contribution in [2.45, 2.75) is 38.4 Å². The predicted octanol–water partition coefficient (Wildman–Crippen LogP) is 2.95. The van der Waals surface area contributed by atoms with Crippen LogP contribution in [0.1, 0.15) is 37.0 Å². The molecule has 3 amide bonds. The maximum Gasteiger partial charge on any atom is 0.278 e. The van der Waals surface area contributed by atoms with Gasteiger partial charge in [0.1, 0.15) is 5.56 Å². The lowest BCUT2D eigenvalue weighted by molar-refractivity contribution is -0.133. The summed E-state index contributed by atoms with van der Waals surface area (Å²) in [6, 6.07) is -0.145. The number of thiol groups is 1. The zero-order valence-electron chi connectivity index (χ0n) is 18.5. The van der Waals surface area contributed by atoms with Crippen LogP contribution in [0.2, 0.25) is 0 Å². The van der Waals surface area contributed by atoms with Crippen molar-refractivity contribution < 1.29 is 36.3 Å². The number of nitrogens with zero attached hydrogens (tertiary/aromatic N) is 2. The molecule has 2 saturated heterocycles. The van der Waals surface area contributed by atoms with Gasteiger partial charge in [-0.15, -0.1) is 6.58 Å². The molecule has 13 heteroatoms. The van der Waals surface area contributed by atoms with Crippen molar-refractivity contribution in [1.29, 1.82) is 0 Å². The van der Waals surface area contributed by atoms with E-state index in [1.807, 2.05) is 18.7 Å². The van der Waals surface area contributed by atoms with Gasteiger partial charge in [0.05, 0.1) is 11.7 Å². The van der Waals surface area contributed by atoms with Crippen LogP contribution in [-0.2, 0) is 4.79 Å². The Bertz CT molecular complexity index is 970. The lowest BCUT2D eigenvalue weighted by Crippen LogP contribution is -2.59. The van der Waals surface area contributed by atoms with Gasteiger partial charge >= 0.3 is 0 Å². The van der Waals surface area contributed by atoms with E-state index in [0.717, 1.165) is 12.8 Å². The zero-order valence-corrected chi connectivity index (χ0v) is 19.4. The van der Waals surface area contributed by atoms with E-state index in [0.29, 0.717) is 19.6 Å². The highest BCUT2D eigenvalue weighted by Crippen LogP contribution is 2.34. The second kappa shape index (κ2) is 10.7. The Balaban J connectivity index is 0.000000257. The maximum atomic E-state index is 12.6. The molecule has 2 fully saturated rings. The minimum absolute atomic E-state index is 0.144. The number of carbonyl (C=O) groups excluding carboxylic acids is 3. The van der Waals surface area contributed by atoms with Crippen LogP contribution in [0.5, 0.6) is 0 Å². The number of hydrogen-bond acceptors (Lipinski definition) is 4. The number of hydrogen-bond donors (Lipinski definition) is 3. The summed E-state index contributed by atoms with van der Waals surface area (Å²) in [5.41, 5.74) is 2.46. The van der Waals surface area contributed by atoms with Crippen molar-refractivity contribution in [3.8, 4) is 0 Å². The zero-order chi connectivity index (χ0) is 26.0. The Morgan fingerprint density at radius 1 is 1.12 bits per heavy atom. The van der Waals surface area contributed by atoms with E-state index in [-0.39, 0.29) is 28.8 Å². The first-order chi connectivity index (χ1) is 15.8. The summed E-state index contributed by atoms with van der Waals surface area (Å²) >= 11 is 3.87. The van der Waals surface area contributed by atoms with E-state index in [2.05, 4.69) is 30.3 Å². The number of benzene rings is 1. The average molecular weight is 509 g/mol. The number of halogens is 5. The van der Waals surface area contributed by atoms with Gasteiger partial charge in [0.15, 0.2) is 23.3 Å². The van der Waals surface area contributed by atoms with Gasteiger partial charge < -0.3 is 15.5 Å². The second-order valence-corrected chi connectivity index (χ2v) is 8.60. The highest BCUT2D eigenvalue weighted by Gasteiger charge is 2.51. The summed E-state index contributed by atoms with van der Waals surface area (Å²) in [6.45, 7) is 9.65. The van der Waals surface area contributed by atoms with Crippen molar-refractivity contribution in [1.82, 2.24) is 15.1 Å². The lowest BCUT2D eigenvalue weighted by Gasteiger charge is -2.44. The SMILES string of the molecule is C=CCN1C(=O)C(C(C)C)NC12CCN(C(=O)S)CC2.NC(=O)c1c(F)c(F)c(F)c(F)c1F. The number of nitrogens with one attached hydrogen (secondary N) is 1. The smallest absolute Gasteiger partial charge is 0.278 e. The van der Waals surface area contributed by atoms with Crippen LogP contribution in [0.3, 0.4) is 0 Å². The molecule has 1 atom stereocenters. The van der Waals surface area contributed by atoms with E-state index in [1.54, 1.807) is 11.0 Å². The molecule has 0 radical (unpaired) electrons. The van der Waals surface area contributed by atoms with Crippen molar-refractivity contribution in [2.24, 2.45) is 11.7 Å². The Morgan fingerprint density at radius 2 is 1.59 bits per heavy atom. The van der Waals surface area contributed by atoms with Gasteiger partial charge in [0.2, 0.25) is 11.7 Å². The molecule has 0 aromatic heterocycles. The Hall–Kier alpha value is -2.67. The van der Waals surface area contributed by atoms with Gasteiger partial charge in [-0.05, 0) is 5.92 Å². The van der Waals surface area contributed by atoms with Crippen molar-refractivity contribution >= 4 is 29.7 Å². The molecule has 188 valence electrons. The van der Waals surface area contributed by atoms with Crippen molar-refractivity contribution in [3.05, 3.63) is 47.3 Å². The topological polar surface area (TPSA) is 95.7 Å². The van der Waals surface area contributed by atoms with Crippen LogP contribution in [0.4, 0.5) is 26.7 Å². The lowest BCUT2D eigenvalue weighted by atomic mass is 9.96. The molecule has 2 heterocycles. The Morgan fingerprint density at radius 3 is 1.97 bits per heavy atom. The summed E-state index contributed by atoms with van der Waals surface area (Å²) in [6.07, 6.45) is 3.24. The number of amides is 3. The van der Waals surface area contributed by atoms with E-state index in [4.69, 9.17) is 0 Å². The fourth-order valence-corrected chi connectivity index (χ4v) is 4.16. The van der Waals surface area contributed by atoms with Gasteiger partial charge in [0.25, 0.3) is 11.1 Å². The normalized spacial score (nSPS) is 19.3. The number of likely N-dealkylation sites (tertiary alicyclic amines) is 1. The second-order valence-electron chi connectivity index (χ2n) is 8.21. The number of carbonyl (C=O) groups is 3. The van der Waals surface area contributed by atoms with E-state index in [9.17, 15) is 36.3 Å². The predicted molar refractivity (Wildman–Crippen MR) is 116 cm³/mol. The molecule has 0 bridgehead atoms. The van der Waals surface area contributed by atoms with Crippen molar-refractivity contribution in [2.75, 3.05) is 19.6 Å². The maximum absolute atomic E-state index is 12.6. The molecular weight excluding hydrogens is 483 g/mol. The van der Waals surface area contributed by atoms with Crippen LogP contribution in [-0.4, -0.2) is 58.2 Å². The van der Waals surface area contributed by atoms with Crippen LogP contribution in [0, 0.1) is 35.0 Å². The van der Waals surface area contributed by atoms with Crippen molar-refractivity contribution in [3.63, 3.8) is 0 Å². The molecule has 34 heavy (non-hydrogen) atoms. The largest absolute Gasteiger partial charge is 0.365 e. The Kier molecular flexibility index (Phi) is 8.70. The van der Waals surface area contributed by atoms with Crippen LogP contribution in [0.25, 0.3) is 0 Å². The number of rotatable bonds is 4. The van der Waals surface area contributed by atoms with Gasteiger partial charge in [0, 0.05) is 32.5 Å². The van der Waals surface area contributed by atoms with Gasteiger partial charge in [-0.1, -0.05) is 32.6 Å². The van der Waals surface area contributed by atoms with Gasteiger partial charge in [-0.3, -0.25) is 19.7 Å². The summed E-state index contributed by atoms with van der Waals surface area (Å²) in [7, 11) is 0. The third-order valence-corrected chi connectivity index (χ3v) is 6.05. The third kappa shape index (κ3) is 5.19. The first kappa shape index (κ1) is 27.6. The molecule has 2 aliphatic rings. The fourth-order valence-electron chi connectivity index (χ4n) is 3.96. The summed E-state index contributed by atoms with van der Waals surface area (Å²) in [4.78, 5) is 37.8. The standard InChI is InChI=1S/C14H23N3O2S.C7H2F5NO/c1-4-7-17-12(18)11(10(2)3)15-14(17)5-8-16(9-6-14)13(19)20;8-2-1(7(13)14)3(9)5(11)6(12)4(2)10/h4,10-11,15H,1,5-9H2,2-3H3,(H,19,20);(H2,13,14). The van der Waals surface area contributed by atoms with Crippen LogP contribution in [0.15, 0.2) is 12.7 Å². The van der Waals surface area contributed by atoms with E-state index >= 15 is 0 Å². The van der Waals surface area contributed by atoms with Crippen LogP contribution >= 0.6 is 12.6 Å². The molecule has 3 rings (SSSR count). The average Bonchev–Trinajstić information content (AvgIpc) is 3.04. The molecule has 1 aromatic carbocycles. The van der Waals surface area contributed by atoms with Crippen LogP contribution < -0.4 is 11.1 Å². The monoisotopic (exact) mass is 508 g/mol. The fraction of sp³-hybridized carbons (Fsp3) is 0.476. The van der Waals surface area contributed by atoms with E-state index < -0.39 is 40.6 Å². The molecule has 1 aromatic rings. The molecule has 1 spiro atoms. The molecule has 3 N–H and O–H groups in total. The van der Waals surface area contributed by atoms with E-state index in [1.165, 1.54) is 0 Å². The number of nitrogens with two attached hydrogens (primary N) is 1. The minimum atomic E-state index is -2.33. The minimum Gasteiger partial charge on any atom is -0.365 e. The molecule has 0 saturated carbocycles. The molecule has 2 aliphatic heterocycles. The quantitative estimate of drug-likeness (QED) is 0.192. The Labute approximate surface area is 198 Å².